The summed E-state index contributed by atoms with van der Waals surface area (Å²) in [6.07, 6.45) is -0.826. The van der Waals surface area contributed by atoms with Crippen LogP contribution in [0.1, 0.15) is 25.8 Å². The molecule has 1 aromatic rings. The molecule has 2 saturated heterocycles. The third-order valence-corrected chi connectivity index (χ3v) is 3.74. The Morgan fingerprint density at radius 3 is 2.76 bits per heavy atom. The van der Waals surface area contributed by atoms with Crippen LogP contribution in [0, 0.1) is 0 Å². The van der Waals surface area contributed by atoms with Crippen LogP contribution < -0.4 is 0 Å². The molecule has 3 rings (SSSR count). The second-order valence-electron chi connectivity index (χ2n) is 6.02. The van der Waals surface area contributed by atoms with Crippen molar-refractivity contribution in [2.45, 2.75) is 57.3 Å². The molecule has 116 valence electrons. The average Bonchev–Trinajstić information content (AvgIpc) is 2.93. The van der Waals surface area contributed by atoms with Crippen molar-refractivity contribution in [1.29, 1.82) is 0 Å². The minimum absolute atomic E-state index is 0.103. The molecule has 1 N–H and O–H groups in total. The summed E-state index contributed by atoms with van der Waals surface area (Å²) in [5.74, 6) is -0.602. The van der Waals surface area contributed by atoms with Gasteiger partial charge in [-0.25, -0.2) is 0 Å². The number of benzene rings is 1. The molecule has 2 fully saturated rings. The Bertz CT molecular complexity index is 445. The van der Waals surface area contributed by atoms with E-state index < -0.39 is 11.9 Å². The van der Waals surface area contributed by atoms with E-state index in [9.17, 15) is 5.11 Å². The van der Waals surface area contributed by atoms with Crippen LogP contribution in [0.5, 0.6) is 0 Å². The Kier molecular flexibility index (Phi) is 4.28. The highest BCUT2D eigenvalue weighted by Gasteiger charge is 2.49. The highest BCUT2D eigenvalue weighted by atomic mass is 16.8. The highest BCUT2D eigenvalue weighted by Crippen LogP contribution is 2.37. The summed E-state index contributed by atoms with van der Waals surface area (Å²) in [5, 5.41) is 10.2. The zero-order chi connectivity index (χ0) is 14.9. The molecule has 5 nitrogen and oxygen atoms in total. The first-order valence-electron chi connectivity index (χ1n) is 7.34. The van der Waals surface area contributed by atoms with Crippen molar-refractivity contribution in [3.8, 4) is 0 Å². The minimum atomic E-state index is -0.672. The Labute approximate surface area is 124 Å². The molecule has 1 unspecified atom stereocenters. The normalized spacial score (nSPS) is 32.0. The van der Waals surface area contributed by atoms with Gasteiger partial charge in [-0.3, -0.25) is 0 Å². The van der Waals surface area contributed by atoms with Gasteiger partial charge < -0.3 is 24.1 Å². The maximum Gasteiger partial charge on any atom is 0.187 e. The summed E-state index contributed by atoms with van der Waals surface area (Å²) in [5.41, 5.74) is 1.09. The van der Waals surface area contributed by atoms with Crippen molar-refractivity contribution >= 4 is 0 Å². The van der Waals surface area contributed by atoms with Gasteiger partial charge in [0.2, 0.25) is 0 Å². The highest BCUT2D eigenvalue weighted by molar-refractivity contribution is 5.13. The Balaban J connectivity index is 1.42. The maximum atomic E-state index is 10.2. The summed E-state index contributed by atoms with van der Waals surface area (Å²) in [6.45, 7) is 4.45. The molecule has 2 aliphatic heterocycles. The number of fused-ring (bicyclic) bond motifs is 1. The van der Waals surface area contributed by atoms with Crippen LogP contribution in [-0.2, 0) is 25.6 Å². The van der Waals surface area contributed by atoms with Gasteiger partial charge in [0.15, 0.2) is 12.1 Å². The third-order valence-electron chi connectivity index (χ3n) is 3.74. The second kappa shape index (κ2) is 6.02. The van der Waals surface area contributed by atoms with Gasteiger partial charge in [-0.15, -0.1) is 0 Å². The number of hydrogen-bond acceptors (Lipinski definition) is 5. The molecule has 0 aliphatic carbocycles. The van der Waals surface area contributed by atoms with Gasteiger partial charge in [-0.05, 0) is 19.4 Å². The van der Waals surface area contributed by atoms with Gasteiger partial charge in [-0.2, -0.15) is 0 Å². The molecule has 5 heteroatoms. The van der Waals surface area contributed by atoms with E-state index in [1.165, 1.54) is 0 Å². The van der Waals surface area contributed by atoms with Crippen molar-refractivity contribution in [3.05, 3.63) is 35.9 Å². The minimum Gasteiger partial charge on any atom is -0.388 e. The van der Waals surface area contributed by atoms with Gasteiger partial charge in [0, 0.05) is 6.42 Å². The van der Waals surface area contributed by atoms with Gasteiger partial charge >= 0.3 is 0 Å². The maximum absolute atomic E-state index is 10.2. The van der Waals surface area contributed by atoms with E-state index in [2.05, 4.69) is 0 Å². The van der Waals surface area contributed by atoms with E-state index in [0.29, 0.717) is 13.0 Å². The first-order chi connectivity index (χ1) is 10.0. The van der Waals surface area contributed by atoms with E-state index in [1.807, 2.05) is 44.2 Å². The summed E-state index contributed by atoms with van der Waals surface area (Å²) < 4.78 is 22.6. The Hall–Kier alpha value is -0.980. The zero-order valence-corrected chi connectivity index (χ0v) is 12.4. The van der Waals surface area contributed by atoms with Crippen LogP contribution in [-0.4, -0.2) is 42.1 Å². The van der Waals surface area contributed by atoms with Crippen LogP contribution in [0.2, 0.25) is 0 Å². The summed E-state index contributed by atoms with van der Waals surface area (Å²) in [7, 11) is 0. The van der Waals surface area contributed by atoms with E-state index in [-0.39, 0.29) is 25.1 Å². The number of hydrogen-bond donors (Lipinski definition) is 1. The van der Waals surface area contributed by atoms with Crippen molar-refractivity contribution in [2.24, 2.45) is 0 Å². The molecule has 0 aromatic heterocycles. The zero-order valence-electron chi connectivity index (χ0n) is 12.4. The van der Waals surface area contributed by atoms with Crippen molar-refractivity contribution < 1.29 is 24.1 Å². The van der Waals surface area contributed by atoms with Crippen LogP contribution >= 0.6 is 0 Å². The van der Waals surface area contributed by atoms with Crippen molar-refractivity contribution in [1.82, 2.24) is 0 Å². The smallest absolute Gasteiger partial charge is 0.187 e. The van der Waals surface area contributed by atoms with E-state index in [4.69, 9.17) is 18.9 Å². The summed E-state index contributed by atoms with van der Waals surface area (Å²) in [6, 6.07) is 9.88. The monoisotopic (exact) mass is 294 g/mol. The number of aliphatic hydroxyl groups is 1. The molecule has 2 heterocycles. The van der Waals surface area contributed by atoms with Crippen LogP contribution in [0.4, 0.5) is 0 Å². The number of aliphatic hydroxyl groups excluding tert-OH is 1. The summed E-state index contributed by atoms with van der Waals surface area (Å²) in [4.78, 5) is 0. The van der Waals surface area contributed by atoms with Crippen molar-refractivity contribution in [2.75, 3.05) is 6.61 Å². The van der Waals surface area contributed by atoms with Crippen molar-refractivity contribution in [3.63, 3.8) is 0 Å². The SMILES string of the molecule is CC1(C)O[C@H]2O[C@H](C(O)COCc3ccccc3)C[C@H]2O1. The predicted molar refractivity (Wildman–Crippen MR) is 75.4 cm³/mol. The third kappa shape index (κ3) is 3.62. The fourth-order valence-electron chi connectivity index (χ4n) is 2.76. The second-order valence-corrected chi connectivity index (χ2v) is 6.02. The fourth-order valence-corrected chi connectivity index (χ4v) is 2.76. The molecule has 21 heavy (non-hydrogen) atoms. The molecule has 0 spiro atoms. The average molecular weight is 294 g/mol. The lowest BCUT2D eigenvalue weighted by Gasteiger charge is -2.23. The topological polar surface area (TPSA) is 57.2 Å². The lowest BCUT2D eigenvalue weighted by Crippen LogP contribution is -2.33. The van der Waals surface area contributed by atoms with Gasteiger partial charge in [-0.1, -0.05) is 30.3 Å². The summed E-state index contributed by atoms with van der Waals surface area (Å²) >= 11 is 0. The molecule has 0 amide bonds. The van der Waals surface area contributed by atoms with Gasteiger partial charge in [0.05, 0.1) is 19.3 Å². The predicted octanol–water partition coefficient (Wildman–Crippen LogP) is 1.83. The Morgan fingerprint density at radius 1 is 1.29 bits per heavy atom. The Morgan fingerprint density at radius 2 is 2.05 bits per heavy atom. The first kappa shape index (κ1) is 14.9. The molecule has 4 atom stereocenters. The first-order valence-corrected chi connectivity index (χ1v) is 7.34. The van der Waals surface area contributed by atoms with Crippen LogP contribution in [0.15, 0.2) is 30.3 Å². The van der Waals surface area contributed by atoms with Gasteiger partial charge in [0.1, 0.15) is 12.2 Å². The number of rotatable bonds is 5. The van der Waals surface area contributed by atoms with E-state index in [0.717, 1.165) is 5.56 Å². The van der Waals surface area contributed by atoms with E-state index >= 15 is 0 Å². The largest absolute Gasteiger partial charge is 0.388 e. The number of ether oxygens (including phenoxy) is 4. The van der Waals surface area contributed by atoms with Gasteiger partial charge in [0.25, 0.3) is 0 Å². The molecule has 2 aliphatic rings. The molecular formula is C16H22O5. The van der Waals surface area contributed by atoms with Crippen LogP contribution in [0.25, 0.3) is 0 Å². The lowest BCUT2D eigenvalue weighted by atomic mass is 10.1. The molecule has 0 saturated carbocycles. The quantitative estimate of drug-likeness (QED) is 0.898. The lowest BCUT2D eigenvalue weighted by molar-refractivity contribution is -0.216. The van der Waals surface area contributed by atoms with E-state index in [1.54, 1.807) is 0 Å². The molecular weight excluding hydrogens is 272 g/mol. The molecule has 0 radical (unpaired) electrons. The van der Waals surface area contributed by atoms with Crippen LogP contribution in [0.3, 0.4) is 0 Å². The standard InChI is InChI=1S/C16H22O5/c1-16(2)20-14-8-13(19-15(14)21-16)12(17)10-18-9-11-6-4-3-5-7-11/h3-7,12-15,17H,8-10H2,1-2H3/t12?,13-,14+,15+/m0/s1. The molecule has 1 aromatic carbocycles. The fraction of sp³-hybridized carbons (Fsp3) is 0.625. The molecule has 0 bridgehead atoms.